The number of anilines is 1. The molecule has 13 heteroatoms. The van der Waals surface area contributed by atoms with Crippen molar-refractivity contribution in [3.05, 3.63) is 81.6 Å². The third kappa shape index (κ3) is 6.19. The number of carbonyl (C=O) groups excluding carboxylic acids is 2. The number of hydrogen-bond acceptors (Lipinski definition) is 6. The maximum Gasteiger partial charge on any atom is 0.333 e. The van der Waals surface area contributed by atoms with E-state index in [-0.39, 0.29) is 34.1 Å². The van der Waals surface area contributed by atoms with E-state index in [0.717, 1.165) is 24.6 Å². The molecule has 1 unspecified atom stereocenters. The van der Waals surface area contributed by atoms with Crippen LogP contribution in [0.1, 0.15) is 55.1 Å². The van der Waals surface area contributed by atoms with Gasteiger partial charge in [0.05, 0.1) is 33.5 Å². The van der Waals surface area contributed by atoms with Crippen LogP contribution in [0.5, 0.6) is 0 Å². The van der Waals surface area contributed by atoms with Gasteiger partial charge >= 0.3 is 5.69 Å². The molecular weight excluding hydrogens is 570 g/mol. The maximum atomic E-state index is 13.7. The largest absolute Gasteiger partial charge is 0.384 e. The van der Waals surface area contributed by atoms with Crippen molar-refractivity contribution >= 4 is 40.3 Å². The second kappa shape index (κ2) is 12.4. The standard InChI is InChI=1S/C29H29ClF2N6O4/c1-16(39)27(40)36-24-11-10-20(14-33-24)38-23-5-3-2-4-22(23)37(29(38)42)15-17-6-8-19(9-7-17)35-28(41)21-12-18(30)13-34-25(21)26(31)32/h2-5,10-14,16-17,19,26,39H,6-9,15H2,1H3,(H,35,41)(H,33,36,40). The quantitative estimate of drug-likeness (QED) is 0.274. The first kappa shape index (κ1) is 29.3. The van der Waals surface area contributed by atoms with Gasteiger partial charge < -0.3 is 15.7 Å². The van der Waals surface area contributed by atoms with Crippen LogP contribution in [-0.4, -0.2) is 48.2 Å². The molecule has 10 nitrogen and oxygen atoms in total. The normalized spacial score (nSPS) is 17.8. The minimum Gasteiger partial charge on any atom is -0.384 e. The Kier molecular flexibility index (Phi) is 8.64. The number of para-hydroxylation sites is 2. The number of benzene rings is 1. The molecule has 1 aromatic carbocycles. The first-order valence-electron chi connectivity index (χ1n) is 13.5. The number of aliphatic hydroxyl groups is 1. The van der Waals surface area contributed by atoms with Gasteiger partial charge in [-0.05, 0) is 68.9 Å². The third-order valence-electron chi connectivity index (χ3n) is 7.43. The van der Waals surface area contributed by atoms with Crippen LogP contribution in [0.15, 0.2) is 59.7 Å². The lowest BCUT2D eigenvalue weighted by Gasteiger charge is -2.29. The van der Waals surface area contributed by atoms with Gasteiger partial charge in [0.2, 0.25) is 0 Å². The van der Waals surface area contributed by atoms with E-state index in [1.165, 1.54) is 19.2 Å². The summed E-state index contributed by atoms with van der Waals surface area (Å²) in [5, 5.41) is 14.9. The molecule has 0 radical (unpaired) electrons. The molecule has 1 aliphatic rings. The number of nitrogens with zero attached hydrogens (tertiary/aromatic N) is 4. The number of aromatic nitrogens is 4. The number of imidazole rings is 1. The number of fused-ring (bicyclic) bond motifs is 1. The van der Waals surface area contributed by atoms with E-state index in [2.05, 4.69) is 20.6 Å². The zero-order valence-electron chi connectivity index (χ0n) is 22.6. The number of halogens is 3. The van der Waals surface area contributed by atoms with Gasteiger partial charge in [-0.1, -0.05) is 23.7 Å². The molecule has 3 N–H and O–H groups in total. The molecule has 1 aliphatic carbocycles. The van der Waals surface area contributed by atoms with Crippen molar-refractivity contribution in [3.63, 3.8) is 0 Å². The van der Waals surface area contributed by atoms with Crippen molar-refractivity contribution in [1.29, 1.82) is 0 Å². The van der Waals surface area contributed by atoms with Crippen LogP contribution in [0.25, 0.3) is 16.7 Å². The number of pyridine rings is 2. The Morgan fingerprint density at radius 1 is 1.07 bits per heavy atom. The topological polar surface area (TPSA) is 131 Å². The summed E-state index contributed by atoms with van der Waals surface area (Å²) in [5.74, 6) is -0.802. The van der Waals surface area contributed by atoms with Crippen LogP contribution in [0.2, 0.25) is 5.02 Å². The zero-order valence-corrected chi connectivity index (χ0v) is 23.4. The Morgan fingerprint density at radius 3 is 2.43 bits per heavy atom. The van der Waals surface area contributed by atoms with Gasteiger partial charge in [0.15, 0.2) is 0 Å². The van der Waals surface area contributed by atoms with Crippen molar-refractivity contribution in [2.75, 3.05) is 5.32 Å². The number of rotatable bonds is 8. The molecule has 4 aromatic rings. The van der Waals surface area contributed by atoms with E-state index in [9.17, 15) is 28.3 Å². The monoisotopic (exact) mass is 598 g/mol. The predicted octanol–water partition coefficient (Wildman–Crippen LogP) is 4.48. The summed E-state index contributed by atoms with van der Waals surface area (Å²) in [6.07, 6.45) is 1.21. The van der Waals surface area contributed by atoms with E-state index >= 15 is 0 Å². The van der Waals surface area contributed by atoms with Crippen molar-refractivity contribution in [2.24, 2.45) is 5.92 Å². The Bertz CT molecular complexity index is 1660. The molecular formula is C29H29ClF2N6O4. The molecule has 42 heavy (non-hydrogen) atoms. The van der Waals surface area contributed by atoms with Gasteiger partial charge in [0.1, 0.15) is 17.6 Å². The van der Waals surface area contributed by atoms with Crippen LogP contribution in [-0.2, 0) is 11.3 Å². The summed E-state index contributed by atoms with van der Waals surface area (Å²) < 4.78 is 30.0. The highest BCUT2D eigenvalue weighted by Gasteiger charge is 2.27. The summed E-state index contributed by atoms with van der Waals surface area (Å²) in [4.78, 5) is 46.0. The number of amides is 2. The molecule has 5 rings (SSSR count). The van der Waals surface area contributed by atoms with Crippen molar-refractivity contribution in [2.45, 2.75) is 57.7 Å². The number of alkyl halides is 2. The van der Waals surface area contributed by atoms with Gasteiger partial charge in [-0.3, -0.25) is 23.7 Å². The average Bonchev–Trinajstić information content (AvgIpc) is 3.25. The molecule has 0 aliphatic heterocycles. The summed E-state index contributed by atoms with van der Waals surface area (Å²) in [5.41, 5.74) is 0.924. The lowest BCUT2D eigenvalue weighted by molar-refractivity contribution is -0.123. The highest BCUT2D eigenvalue weighted by atomic mass is 35.5. The van der Waals surface area contributed by atoms with Crippen molar-refractivity contribution in [3.8, 4) is 5.69 Å². The SMILES string of the molecule is CC(O)C(=O)Nc1ccc(-n2c(=O)n(CC3CCC(NC(=O)c4cc(Cl)cnc4C(F)F)CC3)c3ccccc32)cn1. The fraction of sp³-hybridized carbons (Fsp3) is 0.345. The smallest absolute Gasteiger partial charge is 0.333 e. The Balaban J connectivity index is 1.29. The molecule has 0 spiro atoms. The van der Waals surface area contributed by atoms with Crippen LogP contribution >= 0.6 is 11.6 Å². The van der Waals surface area contributed by atoms with E-state index in [4.69, 9.17) is 11.6 Å². The van der Waals surface area contributed by atoms with Crippen LogP contribution in [0.4, 0.5) is 14.6 Å². The van der Waals surface area contributed by atoms with Gasteiger partial charge in [0.25, 0.3) is 18.2 Å². The van der Waals surface area contributed by atoms with E-state index < -0.39 is 30.0 Å². The fourth-order valence-corrected chi connectivity index (χ4v) is 5.43. The minimum atomic E-state index is -2.90. The Hall–Kier alpha value is -4.16. The Labute approximate surface area is 244 Å². The third-order valence-corrected chi connectivity index (χ3v) is 7.64. The van der Waals surface area contributed by atoms with Gasteiger partial charge in [-0.2, -0.15) is 0 Å². The molecule has 3 aromatic heterocycles. The van der Waals surface area contributed by atoms with Crippen molar-refractivity contribution < 1.29 is 23.5 Å². The molecule has 0 saturated heterocycles. The summed E-state index contributed by atoms with van der Waals surface area (Å²) >= 11 is 5.89. The second-order valence-corrected chi connectivity index (χ2v) is 10.8. The molecule has 220 valence electrons. The highest BCUT2D eigenvalue weighted by molar-refractivity contribution is 6.30. The summed E-state index contributed by atoms with van der Waals surface area (Å²) in [7, 11) is 0. The Morgan fingerprint density at radius 2 is 1.79 bits per heavy atom. The van der Waals surface area contributed by atoms with Crippen LogP contribution < -0.4 is 16.3 Å². The predicted molar refractivity (Wildman–Crippen MR) is 153 cm³/mol. The zero-order chi connectivity index (χ0) is 30.0. The number of carbonyl (C=O) groups is 2. The van der Waals surface area contributed by atoms with Crippen LogP contribution in [0.3, 0.4) is 0 Å². The number of nitrogens with one attached hydrogen (secondary N) is 2. The highest BCUT2D eigenvalue weighted by Crippen LogP contribution is 2.29. The maximum absolute atomic E-state index is 13.7. The lowest BCUT2D eigenvalue weighted by atomic mass is 9.85. The van der Waals surface area contributed by atoms with Gasteiger partial charge in [0, 0.05) is 18.8 Å². The molecule has 1 saturated carbocycles. The second-order valence-electron chi connectivity index (χ2n) is 10.4. The van der Waals surface area contributed by atoms with E-state index in [1.54, 1.807) is 21.3 Å². The summed E-state index contributed by atoms with van der Waals surface area (Å²) in [6, 6.07) is 11.7. The first-order valence-corrected chi connectivity index (χ1v) is 13.9. The molecule has 1 atom stereocenters. The van der Waals surface area contributed by atoms with E-state index in [1.807, 2.05) is 24.3 Å². The molecule has 2 amide bonds. The van der Waals surface area contributed by atoms with E-state index in [0.29, 0.717) is 30.6 Å². The fourth-order valence-electron chi connectivity index (χ4n) is 5.27. The molecule has 0 bridgehead atoms. The first-order chi connectivity index (χ1) is 20.1. The molecule has 1 fully saturated rings. The number of aliphatic hydroxyl groups excluding tert-OH is 1. The number of hydrogen-bond donors (Lipinski definition) is 3. The lowest BCUT2D eigenvalue weighted by Crippen LogP contribution is -2.39. The van der Waals surface area contributed by atoms with Gasteiger partial charge in [-0.15, -0.1) is 0 Å². The summed E-state index contributed by atoms with van der Waals surface area (Å²) in [6.45, 7) is 1.82. The van der Waals surface area contributed by atoms with Gasteiger partial charge in [-0.25, -0.2) is 18.6 Å². The van der Waals surface area contributed by atoms with Crippen molar-refractivity contribution in [1.82, 2.24) is 24.4 Å². The molecule has 3 heterocycles. The minimum absolute atomic E-state index is 0.104. The van der Waals surface area contributed by atoms with Crippen LogP contribution in [0, 0.1) is 5.92 Å². The average molecular weight is 599 g/mol.